The van der Waals surface area contributed by atoms with Crippen LogP contribution in [0.2, 0.25) is 0 Å². The fourth-order valence-electron chi connectivity index (χ4n) is 3.97. The zero-order chi connectivity index (χ0) is 20.9. The van der Waals surface area contributed by atoms with Gasteiger partial charge in [0.05, 0.1) is 18.9 Å². The topological polar surface area (TPSA) is 95.9 Å². The van der Waals surface area contributed by atoms with Gasteiger partial charge in [-0.15, -0.1) is 0 Å². The maximum atomic E-state index is 12.7. The zero-order valence-corrected chi connectivity index (χ0v) is 16.6. The van der Waals surface area contributed by atoms with Crippen molar-refractivity contribution in [3.05, 3.63) is 35.4 Å². The predicted molar refractivity (Wildman–Crippen MR) is 101 cm³/mol. The van der Waals surface area contributed by atoms with Crippen molar-refractivity contribution in [2.24, 2.45) is 11.8 Å². The van der Waals surface area contributed by atoms with E-state index in [2.05, 4.69) is 17.2 Å². The lowest BCUT2D eigenvalue weighted by molar-refractivity contribution is -0.152. The van der Waals surface area contributed by atoms with Crippen LogP contribution >= 0.6 is 0 Å². The molecule has 7 heteroatoms. The molecule has 2 aliphatic rings. The van der Waals surface area contributed by atoms with Crippen molar-refractivity contribution in [1.29, 1.82) is 0 Å². The summed E-state index contributed by atoms with van der Waals surface area (Å²) < 4.78 is 4.91. The van der Waals surface area contributed by atoms with Crippen molar-refractivity contribution in [3.8, 4) is 11.8 Å². The van der Waals surface area contributed by atoms with Crippen LogP contribution in [0.5, 0.6) is 0 Å². The van der Waals surface area contributed by atoms with Gasteiger partial charge in [-0.2, -0.15) is 0 Å². The fourth-order valence-corrected chi connectivity index (χ4v) is 3.97. The van der Waals surface area contributed by atoms with Gasteiger partial charge in [-0.05, 0) is 38.5 Å². The highest BCUT2D eigenvalue weighted by atomic mass is 16.5. The number of ether oxygens (including phenoxy) is 1. The lowest BCUT2D eigenvalue weighted by Gasteiger charge is -2.27. The van der Waals surface area contributed by atoms with Gasteiger partial charge in [0.2, 0.25) is 11.8 Å². The predicted octanol–water partition coefficient (Wildman–Crippen LogP) is 0.616. The van der Waals surface area contributed by atoms with E-state index >= 15 is 0 Å². The minimum Gasteiger partial charge on any atom is -0.468 e. The molecule has 0 aliphatic carbocycles. The molecule has 0 bridgehead atoms. The number of benzene rings is 1. The van der Waals surface area contributed by atoms with E-state index in [1.165, 1.54) is 14.2 Å². The molecule has 0 spiro atoms. The van der Waals surface area contributed by atoms with Gasteiger partial charge in [-0.3, -0.25) is 24.6 Å². The number of imide groups is 1. The first-order chi connectivity index (χ1) is 13.0. The van der Waals surface area contributed by atoms with E-state index in [9.17, 15) is 19.5 Å². The SMILES string of the molecule is COC(=O)[C@]1(C)N[C@H](c2ccc(C#CC(C)(C)O)cc2)[C@@H]2C(=O)N(C)C(=O)[C@@H]21. The van der Waals surface area contributed by atoms with E-state index in [4.69, 9.17) is 4.74 Å². The minimum atomic E-state index is -1.29. The molecule has 2 fully saturated rings. The third-order valence-electron chi connectivity index (χ3n) is 5.40. The molecule has 0 saturated carbocycles. The summed E-state index contributed by atoms with van der Waals surface area (Å²) in [6.07, 6.45) is 0. The van der Waals surface area contributed by atoms with Crippen molar-refractivity contribution >= 4 is 17.8 Å². The molecule has 2 saturated heterocycles. The van der Waals surface area contributed by atoms with Gasteiger partial charge in [-0.25, -0.2) is 0 Å². The molecule has 2 heterocycles. The van der Waals surface area contributed by atoms with Crippen molar-refractivity contribution in [2.45, 2.75) is 38.0 Å². The molecular formula is C21H24N2O5. The average molecular weight is 384 g/mol. The molecule has 2 amide bonds. The molecule has 0 radical (unpaired) electrons. The highest BCUT2D eigenvalue weighted by Crippen LogP contribution is 2.48. The standard InChI is InChI=1S/C21H24N2O5/c1-20(2,27)11-10-12-6-8-13(9-7-12)16-14-15(18(25)23(4)17(14)24)21(3,22-16)19(26)28-5/h6-9,14-16,22,27H,1-5H3/t14-,15-,16-,21-/m1/s1. The normalized spacial score (nSPS) is 29.4. The Labute approximate surface area is 164 Å². The highest BCUT2D eigenvalue weighted by Gasteiger charge is 2.66. The van der Waals surface area contributed by atoms with E-state index in [0.717, 1.165) is 10.5 Å². The number of rotatable bonds is 2. The molecular weight excluding hydrogens is 360 g/mol. The van der Waals surface area contributed by atoms with Crippen molar-refractivity contribution in [3.63, 3.8) is 0 Å². The zero-order valence-electron chi connectivity index (χ0n) is 16.6. The summed E-state index contributed by atoms with van der Waals surface area (Å²) in [6, 6.07) is 6.67. The van der Waals surface area contributed by atoms with E-state index in [1.807, 2.05) is 12.1 Å². The Morgan fingerprint density at radius 1 is 1.25 bits per heavy atom. The molecule has 3 rings (SSSR count). The van der Waals surface area contributed by atoms with Crippen LogP contribution in [0.3, 0.4) is 0 Å². The molecule has 4 atom stereocenters. The van der Waals surface area contributed by atoms with Crippen LogP contribution in [0.4, 0.5) is 0 Å². The number of nitrogens with zero attached hydrogens (tertiary/aromatic N) is 1. The van der Waals surface area contributed by atoms with Crippen LogP contribution in [-0.2, 0) is 19.1 Å². The Hall–Kier alpha value is -2.69. The van der Waals surface area contributed by atoms with Crippen molar-refractivity contribution in [1.82, 2.24) is 10.2 Å². The molecule has 2 N–H and O–H groups in total. The Kier molecular flexibility index (Phi) is 4.82. The van der Waals surface area contributed by atoms with Gasteiger partial charge in [0.25, 0.3) is 0 Å². The number of fused-ring (bicyclic) bond motifs is 1. The largest absolute Gasteiger partial charge is 0.468 e. The Bertz CT molecular complexity index is 890. The van der Waals surface area contributed by atoms with Gasteiger partial charge in [0, 0.05) is 18.7 Å². The van der Waals surface area contributed by atoms with Crippen LogP contribution in [0.15, 0.2) is 24.3 Å². The number of carbonyl (C=O) groups is 3. The van der Waals surface area contributed by atoms with Gasteiger partial charge in [0.15, 0.2) is 0 Å². The minimum absolute atomic E-state index is 0.314. The lowest BCUT2D eigenvalue weighted by atomic mass is 9.80. The number of hydrogen-bond acceptors (Lipinski definition) is 6. The van der Waals surface area contributed by atoms with E-state index in [0.29, 0.717) is 5.56 Å². The lowest BCUT2D eigenvalue weighted by Crippen LogP contribution is -2.53. The Morgan fingerprint density at radius 2 is 1.86 bits per heavy atom. The van der Waals surface area contributed by atoms with Gasteiger partial charge >= 0.3 is 5.97 Å². The van der Waals surface area contributed by atoms with Gasteiger partial charge < -0.3 is 9.84 Å². The van der Waals surface area contributed by atoms with Crippen LogP contribution in [0, 0.1) is 23.7 Å². The molecule has 1 aromatic carbocycles. The molecule has 28 heavy (non-hydrogen) atoms. The third kappa shape index (κ3) is 3.19. The average Bonchev–Trinajstić information content (AvgIpc) is 3.09. The number of hydrogen-bond donors (Lipinski definition) is 2. The molecule has 1 aromatic rings. The second-order valence-electron chi connectivity index (χ2n) is 7.99. The molecule has 7 nitrogen and oxygen atoms in total. The third-order valence-corrected chi connectivity index (χ3v) is 5.40. The summed E-state index contributed by atoms with van der Waals surface area (Å²) in [5.74, 6) is 2.85. The smallest absolute Gasteiger partial charge is 0.326 e. The maximum absolute atomic E-state index is 12.7. The molecule has 148 valence electrons. The summed E-state index contributed by atoms with van der Waals surface area (Å²) >= 11 is 0. The number of amides is 2. The Balaban J connectivity index is 1.98. The van der Waals surface area contributed by atoms with Crippen LogP contribution < -0.4 is 5.32 Å². The van der Waals surface area contributed by atoms with E-state index in [1.54, 1.807) is 32.9 Å². The summed E-state index contributed by atoms with van der Waals surface area (Å²) in [4.78, 5) is 38.9. The number of likely N-dealkylation sites (tertiary alicyclic amines) is 1. The first-order valence-corrected chi connectivity index (χ1v) is 9.02. The van der Waals surface area contributed by atoms with Crippen molar-refractivity contribution < 1.29 is 24.2 Å². The van der Waals surface area contributed by atoms with Crippen LogP contribution in [-0.4, -0.2) is 53.1 Å². The first kappa shape index (κ1) is 20.1. The summed E-state index contributed by atoms with van der Waals surface area (Å²) in [5, 5.41) is 12.9. The van der Waals surface area contributed by atoms with Crippen LogP contribution in [0.1, 0.15) is 37.9 Å². The van der Waals surface area contributed by atoms with Gasteiger partial charge in [-0.1, -0.05) is 24.0 Å². The second-order valence-corrected chi connectivity index (χ2v) is 7.99. The maximum Gasteiger partial charge on any atom is 0.326 e. The number of esters is 1. The summed E-state index contributed by atoms with van der Waals surface area (Å²) in [7, 11) is 2.70. The van der Waals surface area contributed by atoms with E-state index < -0.39 is 35.0 Å². The number of carbonyl (C=O) groups excluding carboxylic acids is 3. The number of nitrogens with one attached hydrogen (secondary N) is 1. The van der Waals surface area contributed by atoms with Crippen molar-refractivity contribution in [2.75, 3.05) is 14.2 Å². The number of aliphatic hydroxyl groups is 1. The van der Waals surface area contributed by atoms with Crippen LogP contribution in [0.25, 0.3) is 0 Å². The molecule has 0 unspecified atom stereocenters. The molecule has 0 aromatic heterocycles. The van der Waals surface area contributed by atoms with Gasteiger partial charge in [0.1, 0.15) is 11.1 Å². The monoisotopic (exact) mass is 384 g/mol. The fraction of sp³-hybridized carbons (Fsp3) is 0.476. The molecule has 2 aliphatic heterocycles. The quantitative estimate of drug-likeness (QED) is 0.441. The first-order valence-electron chi connectivity index (χ1n) is 9.02. The van der Waals surface area contributed by atoms with E-state index in [-0.39, 0.29) is 11.8 Å². The highest BCUT2D eigenvalue weighted by molar-refractivity contribution is 6.09. The summed E-state index contributed by atoms with van der Waals surface area (Å²) in [5.41, 5.74) is -0.904. The Morgan fingerprint density at radius 3 is 2.39 bits per heavy atom. The summed E-state index contributed by atoms with van der Waals surface area (Å²) in [6.45, 7) is 4.80. The second kappa shape index (κ2) is 6.73. The number of methoxy groups -OCH3 is 1.